The smallest absolute Gasteiger partial charge is 0.222 e. The van der Waals surface area contributed by atoms with Gasteiger partial charge in [0, 0.05) is 31.9 Å². The van der Waals surface area contributed by atoms with Crippen molar-refractivity contribution in [3.8, 4) is 0 Å². The quantitative estimate of drug-likeness (QED) is 0.883. The summed E-state index contributed by atoms with van der Waals surface area (Å²) in [5, 5.41) is 3.26. The minimum absolute atomic E-state index is 0.117. The fourth-order valence-corrected chi connectivity index (χ4v) is 4.46. The third-order valence-electron chi connectivity index (χ3n) is 4.37. The van der Waals surface area contributed by atoms with Crippen LogP contribution in [-0.4, -0.2) is 59.8 Å². The van der Waals surface area contributed by atoms with Crippen molar-refractivity contribution in [1.29, 1.82) is 0 Å². The van der Waals surface area contributed by atoms with Gasteiger partial charge in [0.2, 0.25) is 16.0 Å². The van der Waals surface area contributed by atoms with Gasteiger partial charge in [-0.25, -0.2) is 18.4 Å². The molecule has 2 fully saturated rings. The maximum Gasteiger partial charge on any atom is 0.222 e. The number of ether oxygens (including phenoxy) is 1. The molecular weight excluding hydrogens is 304 g/mol. The molecule has 1 N–H and O–H groups in total. The van der Waals surface area contributed by atoms with E-state index in [1.54, 1.807) is 29.7 Å². The van der Waals surface area contributed by atoms with Crippen LogP contribution in [0.1, 0.15) is 26.2 Å². The summed E-state index contributed by atoms with van der Waals surface area (Å²) in [4.78, 5) is 8.32. The maximum absolute atomic E-state index is 12.1. The van der Waals surface area contributed by atoms with Crippen LogP contribution in [0.4, 0.5) is 5.95 Å². The first-order chi connectivity index (χ1) is 10.5. The van der Waals surface area contributed by atoms with Crippen LogP contribution in [0.2, 0.25) is 0 Å². The number of nitrogens with zero attached hydrogens (tertiary/aromatic N) is 3. The molecule has 0 saturated carbocycles. The first kappa shape index (κ1) is 15.6. The first-order valence-electron chi connectivity index (χ1n) is 7.68. The minimum atomic E-state index is -3.15. The summed E-state index contributed by atoms with van der Waals surface area (Å²) in [5.41, 5.74) is -0.368. The van der Waals surface area contributed by atoms with E-state index in [1.807, 2.05) is 0 Å². The van der Waals surface area contributed by atoms with Crippen LogP contribution in [0.3, 0.4) is 0 Å². The van der Waals surface area contributed by atoms with Gasteiger partial charge in [-0.1, -0.05) is 0 Å². The average Bonchev–Trinajstić information content (AvgIpc) is 2.90. The predicted molar refractivity (Wildman–Crippen MR) is 83.0 cm³/mol. The lowest BCUT2D eigenvalue weighted by atomic mass is 9.90. The van der Waals surface area contributed by atoms with Gasteiger partial charge in [0.1, 0.15) is 0 Å². The molecule has 122 valence electrons. The highest BCUT2D eigenvalue weighted by Gasteiger charge is 2.45. The fourth-order valence-electron chi connectivity index (χ4n) is 3.25. The van der Waals surface area contributed by atoms with Crippen molar-refractivity contribution in [3.63, 3.8) is 0 Å². The molecule has 0 unspecified atom stereocenters. The highest BCUT2D eigenvalue weighted by molar-refractivity contribution is 7.89. The molecule has 1 aromatic heterocycles. The molecule has 1 aromatic rings. The Morgan fingerprint density at radius 2 is 2.23 bits per heavy atom. The Morgan fingerprint density at radius 1 is 1.45 bits per heavy atom. The van der Waals surface area contributed by atoms with Gasteiger partial charge in [-0.05, 0) is 25.8 Å². The summed E-state index contributed by atoms with van der Waals surface area (Å²) in [7, 11) is -3.15. The molecule has 0 amide bonds. The van der Waals surface area contributed by atoms with E-state index in [0.29, 0.717) is 25.6 Å². The molecule has 0 bridgehead atoms. The molecular formula is C14H22N4O3S. The molecule has 0 aliphatic carbocycles. The largest absolute Gasteiger partial charge is 0.371 e. The van der Waals surface area contributed by atoms with Gasteiger partial charge in [0.05, 0.1) is 24.0 Å². The SMILES string of the molecule is CCS(=O)(=O)N1CCC[C@@]2(C[C@H](Nc3ncccn3)CO2)C1. The molecule has 2 aliphatic rings. The Hall–Kier alpha value is -1.25. The van der Waals surface area contributed by atoms with Gasteiger partial charge in [0.25, 0.3) is 0 Å². The summed E-state index contributed by atoms with van der Waals surface area (Å²) in [6.07, 6.45) is 5.90. The molecule has 22 heavy (non-hydrogen) atoms. The lowest BCUT2D eigenvalue weighted by molar-refractivity contribution is -0.0329. The summed E-state index contributed by atoms with van der Waals surface area (Å²) in [6, 6.07) is 1.89. The third-order valence-corrected chi connectivity index (χ3v) is 6.20. The Kier molecular flexibility index (Phi) is 4.33. The Labute approximate surface area is 131 Å². The van der Waals surface area contributed by atoms with Crippen molar-refractivity contribution in [2.24, 2.45) is 0 Å². The van der Waals surface area contributed by atoms with Crippen molar-refractivity contribution in [1.82, 2.24) is 14.3 Å². The average molecular weight is 326 g/mol. The zero-order valence-corrected chi connectivity index (χ0v) is 13.6. The number of sulfonamides is 1. The molecule has 0 aromatic carbocycles. The van der Waals surface area contributed by atoms with E-state index < -0.39 is 10.0 Å². The van der Waals surface area contributed by atoms with Gasteiger partial charge in [-0.3, -0.25) is 0 Å². The molecule has 2 saturated heterocycles. The van der Waals surface area contributed by atoms with Crippen LogP contribution in [-0.2, 0) is 14.8 Å². The van der Waals surface area contributed by atoms with E-state index in [0.717, 1.165) is 19.3 Å². The van der Waals surface area contributed by atoms with E-state index in [4.69, 9.17) is 4.74 Å². The molecule has 0 radical (unpaired) electrons. The molecule has 3 heterocycles. The summed E-state index contributed by atoms with van der Waals surface area (Å²) in [6.45, 7) is 3.29. The lowest BCUT2D eigenvalue weighted by Crippen LogP contribution is -2.50. The summed E-state index contributed by atoms with van der Waals surface area (Å²) >= 11 is 0. The predicted octanol–water partition coefficient (Wildman–Crippen LogP) is 0.862. The molecule has 7 nitrogen and oxygen atoms in total. The number of hydrogen-bond donors (Lipinski definition) is 1. The lowest BCUT2D eigenvalue weighted by Gasteiger charge is -2.38. The van der Waals surface area contributed by atoms with Crippen LogP contribution in [0.15, 0.2) is 18.5 Å². The fraction of sp³-hybridized carbons (Fsp3) is 0.714. The second-order valence-corrected chi connectivity index (χ2v) is 8.21. The number of aromatic nitrogens is 2. The van der Waals surface area contributed by atoms with Crippen molar-refractivity contribution >= 4 is 16.0 Å². The number of rotatable bonds is 4. The monoisotopic (exact) mass is 326 g/mol. The molecule has 8 heteroatoms. The van der Waals surface area contributed by atoms with Crippen LogP contribution >= 0.6 is 0 Å². The van der Waals surface area contributed by atoms with E-state index in [-0.39, 0.29) is 17.4 Å². The van der Waals surface area contributed by atoms with Gasteiger partial charge in [-0.2, -0.15) is 4.31 Å². The zero-order chi connectivity index (χ0) is 15.6. The molecule has 2 atom stereocenters. The second kappa shape index (κ2) is 6.10. The van der Waals surface area contributed by atoms with Crippen molar-refractivity contribution < 1.29 is 13.2 Å². The van der Waals surface area contributed by atoms with Crippen molar-refractivity contribution in [2.75, 3.05) is 30.8 Å². The maximum atomic E-state index is 12.1. The third kappa shape index (κ3) is 3.23. The van der Waals surface area contributed by atoms with Crippen LogP contribution in [0, 0.1) is 0 Å². The van der Waals surface area contributed by atoms with E-state index in [2.05, 4.69) is 15.3 Å². The molecule has 2 aliphatic heterocycles. The standard InChI is InChI=1S/C14H22N4O3S/c1-2-22(19,20)18-8-3-5-14(11-18)9-12(10-21-14)17-13-15-6-4-7-16-13/h4,6-7,12H,2-3,5,8-11H2,1H3,(H,15,16,17)/t12-,14+/m0/s1. The van der Waals surface area contributed by atoms with Crippen LogP contribution in [0.5, 0.6) is 0 Å². The normalized spacial score (nSPS) is 29.8. The van der Waals surface area contributed by atoms with Gasteiger partial charge >= 0.3 is 0 Å². The van der Waals surface area contributed by atoms with Crippen molar-refractivity contribution in [2.45, 2.75) is 37.8 Å². The highest BCUT2D eigenvalue weighted by Crippen LogP contribution is 2.36. The number of hydrogen-bond acceptors (Lipinski definition) is 6. The van der Waals surface area contributed by atoms with E-state index in [9.17, 15) is 8.42 Å². The summed E-state index contributed by atoms with van der Waals surface area (Å²) in [5.74, 6) is 0.727. The summed E-state index contributed by atoms with van der Waals surface area (Å²) < 4.78 is 31.8. The van der Waals surface area contributed by atoms with Gasteiger partial charge < -0.3 is 10.1 Å². The second-order valence-electron chi connectivity index (χ2n) is 5.95. The number of nitrogens with one attached hydrogen (secondary N) is 1. The number of anilines is 1. The van der Waals surface area contributed by atoms with Crippen molar-refractivity contribution in [3.05, 3.63) is 18.5 Å². The van der Waals surface area contributed by atoms with Gasteiger partial charge in [-0.15, -0.1) is 0 Å². The molecule has 1 spiro atoms. The Balaban J connectivity index is 1.65. The first-order valence-corrected chi connectivity index (χ1v) is 9.29. The molecule has 3 rings (SSSR count). The Bertz CT molecular complexity index is 610. The highest BCUT2D eigenvalue weighted by atomic mass is 32.2. The zero-order valence-electron chi connectivity index (χ0n) is 12.7. The van der Waals surface area contributed by atoms with E-state index in [1.165, 1.54) is 0 Å². The topological polar surface area (TPSA) is 84.4 Å². The van der Waals surface area contributed by atoms with Crippen LogP contribution < -0.4 is 5.32 Å². The number of piperidine rings is 1. The minimum Gasteiger partial charge on any atom is -0.371 e. The van der Waals surface area contributed by atoms with E-state index >= 15 is 0 Å². The van der Waals surface area contributed by atoms with Crippen LogP contribution in [0.25, 0.3) is 0 Å². The van der Waals surface area contributed by atoms with Gasteiger partial charge in [0.15, 0.2) is 0 Å². The Morgan fingerprint density at radius 3 is 2.95 bits per heavy atom.